The topological polar surface area (TPSA) is 33.1 Å². The van der Waals surface area contributed by atoms with Gasteiger partial charge in [-0.1, -0.05) is 6.92 Å². The van der Waals surface area contributed by atoms with Crippen molar-refractivity contribution in [3.05, 3.63) is 11.3 Å². The summed E-state index contributed by atoms with van der Waals surface area (Å²) < 4.78 is 2.03. The van der Waals surface area contributed by atoms with Crippen molar-refractivity contribution in [3.63, 3.8) is 0 Å². The quantitative estimate of drug-likeness (QED) is 0.843. The SMILES string of the molecule is CCN1CCCC(c2nn(C)c3c2CCN3)C1. The van der Waals surface area contributed by atoms with Crippen LogP contribution in [0.2, 0.25) is 0 Å². The minimum Gasteiger partial charge on any atom is -0.370 e. The Morgan fingerprint density at radius 2 is 2.35 bits per heavy atom. The van der Waals surface area contributed by atoms with Crippen LogP contribution in [0.4, 0.5) is 5.82 Å². The molecule has 0 spiro atoms. The summed E-state index contributed by atoms with van der Waals surface area (Å²) >= 11 is 0. The molecule has 0 saturated carbocycles. The minimum absolute atomic E-state index is 0.651. The van der Waals surface area contributed by atoms with Gasteiger partial charge in [-0.05, 0) is 32.4 Å². The van der Waals surface area contributed by atoms with Gasteiger partial charge in [-0.3, -0.25) is 4.68 Å². The van der Waals surface area contributed by atoms with Crippen molar-refractivity contribution in [2.75, 3.05) is 31.5 Å². The van der Waals surface area contributed by atoms with Gasteiger partial charge in [0, 0.05) is 31.6 Å². The number of aromatic nitrogens is 2. The number of likely N-dealkylation sites (N-methyl/N-ethyl adjacent to an activating group) is 1. The summed E-state index contributed by atoms with van der Waals surface area (Å²) in [6.07, 6.45) is 3.78. The maximum atomic E-state index is 4.75. The lowest BCUT2D eigenvalue weighted by atomic mass is 9.92. The predicted molar refractivity (Wildman–Crippen MR) is 69.5 cm³/mol. The van der Waals surface area contributed by atoms with Crippen LogP contribution in [0.5, 0.6) is 0 Å². The first kappa shape index (κ1) is 11.1. The first-order chi connectivity index (χ1) is 8.29. The molecule has 0 bridgehead atoms. The standard InChI is InChI=1S/C13H22N4/c1-3-17-8-4-5-10(9-17)12-11-6-7-14-13(11)16(2)15-12/h10,14H,3-9H2,1-2H3. The second kappa shape index (κ2) is 4.33. The summed E-state index contributed by atoms with van der Waals surface area (Å²) in [5, 5.41) is 8.19. The van der Waals surface area contributed by atoms with E-state index in [0.717, 1.165) is 13.0 Å². The lowest BCUT2D eigenvalue weighted by molar-refractivity contribution is 0.215. The van der Waals surface area contributed by atoms with Gasteiger partial charge in [0.1, 0.15) is 5.82 Å². The molecular formula is C13H22N4. The largest absolute Gasteiger partial charge is 0.370 e. The zero-order valence-corrected chi connectivity index (χ0v) is 10.9. The summed E-state index contributed by atoms with van der Waals surface area (Å²) in [6.45, 7) is 6.97. The molecule has 3 rings (SSSR count). The third kappa shape index (κ3) is 1.84. The van der Waals surface area contributed by atoms with Gasteiger partial charge < -0.3 is 10.2 Å². The molecule has 1 N–H and O–H groups in total. The summed E-state index contributed by atoms with van der Waals surface area (Å²) in [4.78, 5) is 2.55. The smallest absolute Gasteiger partial charge is 0.127 e. The number of hydrogen-bond donors (Lipinski definition) is 1. The van der Waals surface area contributed by atoms with E-state index in [-0.39, 0.29) is 0 Å². The fraction of sp³-hybridized carbons (Fsp3) is 0.769. The number of hydrogen-bond acceptors (Lipinski definition) is 3. The zero-order valence-electron chi connectivity index (χ0n) is 10.9. The Balaban J connectivity index is 1.86. The fourth-order valence-corrected chi connectivity index (χ4v) is 3.26. The summed E-state index contributed by atoms with van der Waals surface area (Å²) in [5.74, 6) is 1.91. The van der Waals surface area contributed by atoms with Crippen LogP contribution in [0.1, 0.15) is 36.9 Å². The van der Waals surface area contributed by atoms with Gasteiger partial charge in [-0.25, -0.2) is 0 Å². The van der Waals surface area contributed by atoms with Gasteiger partial charge in [-0.2, -0.15) is 5.10 Å². The van der Waals surface area contributed by atoms with Gasteiger partial charge in [-0.15, -0.1) is 0 Å². The van der Waals surface area contributed by atoms with Gasteiger partial charge in [0.25, 0.3) is 0 Å². The molecule has 2 aliphatic rings. The zero-order chi connectivity index (χ0) is 11.8. The van der Waals surface area contributed by atoms with E-state index in [4.69, 9.17) is 5.10 Å². The number of rotatable bonds is 2. The molecule has 0 amide bonds. The number of aryl methyl sites for hydroxylation is 1. The number of piperidine rings is 1. The molecule has 0 radical (unpaired) electrons. The number of nitrogens with one attached hydrogen (secondary N) is 1. The van der Waals surface area contributed by atoms with Crippen LogP contribution < -0.4 is 5.32 Å². The van der Waals surface area contributed by atoms with Crippen molar-refractivity contribution in [1.29, 1.82) is 0 Å². The molecule has 1 atom stereocenters. The molecule has 1 aromatic rings. The molecule has 17 heavy (non-hydrogen) atoms. The lowest BCUT2D eigenvalue weighted by Gasteiger charge is -2.31. The highest BCUT2D eigenvalue weighted by Gasteiger charge is 2.28. The number of likely N-dealkylation sites (tertiary alicyclic amines) is 1. The van der Waals surface area contributed by atoms with Crippen LogP contribution in [0.15, 0.2) is 0 Å². The minimum atomic E-state index is 0.651. The Morgan fingerprint density at radius 3 is 3.18 bits per heavy atom. The molecule has 3 heterocycles. The van der Waals surface area contributed by atoms with E-state index in [1.54, 1.807) is 0 Å². The van der Waals surface area contributed by atoms with Crippen LogP contribution in [0.3, 0.4) is 0 Å². The lowest BCUT2D eigenvalue weighted by Crippen LogP contribution is -2.34. The third-order valence-corrected chi connectivity index (χ3v) is 4.18. The highest BCUT2D eigenvalue weighted by Crippen LogP contribution is 2.34. The van der Waals surface area contributed by atoms with E-state index < -0.39 is 0 Å². The van der Waals surface area contributed by atoms with E-state index in [1.807, 2.05) is 4.68 Å². The van der Waals surface area contributed by atoms with Gasteiger partial charge >= 0.3 is 0 Å². The first-order valence-corrected chi connectivity index (χ1v) is 6.81. The molecule has 0 aromatic carbocycles. The average Bonchev–Trinajstić information content (AvgIpc) is 2.94. The third-order valence-electron chi connectivity index (χ3n) is 4.18. The number of anilines is 1. The number of fused-ring (bicyclic) bond motifs is 1. The number of nitrogens with zero attached hydrogens (tertiary/aromatic N) is 3. The van der Waals surface area contributed by atoms with E-state index in [2.05, 4.69) is 24.2 Å². The summed E-state index contributed by atoms with van der Waals surface area (Å²) in [5.41, 5.74) is 2.85. The van der Waals surface area contributed by atoms with Crippen LogP contribution in [-0.2, 0) is 13.5 Å². The Morgan fingerprint density at radius 1 is 1.47 bits per heavy atom. The highest BCUT2D eigenvalue weighted by atomic mass is 15.3. The Hall–Kier alpha value is -1.03. The van der Waals surface area contributed by atoms with Crippen LogP contribution in [-0.4, -0.2) is 40.9 Å². The van der Waals surface area contributed by atoms with E-state index >= 15 is 0 Å². The fourth-order valence-electron chi connectivity index (χ4n) is 3.26. The molecule has 1 saturated heterocycles. The average molecular weight is 234 g/mol. The second-order valence-electron chi connectivity index (χ2n) is 5.25. The Kier molecular flexibility index (Phi) is 2.82. The monoisotopic (exact) mass is 234 g/mol. The van der Waals surface area contributed by atoms with Crippen molar-refractivity contribution in [2.24, 2.45) is 7.05 Å². The van der Waals surface area contributed by atoms with Crippen LogP contribution in [0.25, 0.3) is 0 Å². The molecule has 2 aliphatic heterocycles. The normalized spacial score (nSPS) is 24.7. The van der Waals surface area contributed by atoms with Gasteiger partial charge in [0.15, 0.2) is 0 Å². The first-order valence-electron chi connectivity index (χ1n) is 6.81. The Labute approximate surface area is 103 Å². The molecular weight excluding hydrogens is 212 g/mol. The van der Waals surface area contributed by atoms with Crippen LogP contribution in [0, 0.1) is 0 Å². The predicted octanol–water partition coefficient (Wildman–Crippen LogP) is 1.59. The van der Waals surface area contributed by atoms with Gasteiger partial charge in [0.05, 0.1) is 5.69 Å². The summed E-state index contributed by atoms with van der Waals surface area (Å²) in [7, 11) is 2.06. The maximum absolute atomic E-state index is 4.75. The molecule has 94 valence electrons. The van der Waals surface area contributed by atoms with Crippen molar-refractivity contribution in [1.82, 2.24) is 14.7 Å². The van der Waals surface area contributed by atoms with E-state index in [0.29, 0.717) is 5.92 Å². The van der Waals surface area contributed by atoms with E-state index in [9.17, 15) is 0 Å². The molecule has 4 nitrogen and oxygen atoms in total. The molecule has 0 aliphatic carbocycles. The second-order valence-corrected chi connectivity index (χ2v) is 5.25. The molecule has 1 unspecified atom stereocenters. The van der Waals surface area contributed by atoms with Gasteiger partial charge in [0.2, 0.25) is 0 Å². The van der Waals surface area contributed by atoms with Crippen molar-refractivity contribution in [3.8, 4) is 0 Å². The summed E-state index contributed by atoms with van der Waals surface area (Å²) in [6, 6.07) is 0. The van der Waals surface area contributed by atoms with Crippen LogP contribution >= 0.6 is 0 Å². The van der Waals surface area contributed by atoms with Crippen molar-refractivity contribution >= 4 is 5.82 Å². The van der Waals surface area contributed by atoms with Crippen molar-refractivity contribution < 1.29 is 0 Å². The molecule has 4 heteroatoms. The Bertz CT molecular complexity index is 410. The molecule has 1 fully saturated rings. The highest BCUT2D eigenvalue weighted by molar-refractivity contribution is 5.53. The van der Waals surface area contributed by atoms with E-state index in [1.165, 1.54) is 49.6 Å². The van der Waals surface area contributed by atoms with Crippen molar-refractivity contribution in [2.45, 2.75) is 32.1 Å². The molecule has 1 aromatic heterocycles. The maximum Gasteiger partial charge on any atom is 0.127 e.